The van der Waals surface area contributed by atoms with Crippen molar-refractivity contribution in [2.24, 2.45) is 5.73 Å². The Bertz CT molecular complexity index is 325. The minimum atomic E-state index is -0.493. The largest absolute Gasteiger partial charge is 0.355 e. The lowest BCUT2D eigenvalue weighted by Gasteiger charge is -2.35. The molecule has 0 saturated carbocycles. The van der Waals surface area contributed by atoms with Crippen molar-refractivity contribution in [3.8, 4) is 0 Å². The second kappa shape index (κ2) is 7.91. The molecule has 0 aromatic carbocycles. The Morgan fingerprint density at radius 3 is 2.53 bits per heavy atom. The fourth-order valence-corrected chi connectivity index (χ4v) is 2.10. The van der Waals surface area contributed by atoms with E-state index in [1.807, 2.05) is 11.8 Å². The number of nitrogens with one attached hydrogen (secondary N) is 1. The third-order valence-electron chi connectivity index (χ3n) is 3.16. The highest BCUT2D eigenvalue weighted by atomic mass is 16.2. The maximum absolute atomic E-state index is 12.0. The van der Waals surface area contributed by atoms with Crippen LogP contribution in [0.3, 0.4) is 0 Å². The van der Waals surface area contributed by atoms with Gasteiger partial charge in [-0.05, 0) is 13.3 Å². The van der Waals surface area contributed by atoms with Crippen LogP contribution in [0.1, 0.15) is 13.3 Å². The van der Waals surface area contributed by atoms with E-state index >= 15 is 0 Å². The molecule has 1 heterocycles. The molecule has 1 atom stereocenters. The first kappa shape index (κ1) is 15.7. The third kappa shape index (κ3) is 5.00. The molecule has 108 valence electrons. The van der Waals surface area contributed by atoms with Crippen LogP contribution in [0.2, 0.25) is 0 Å². The summed E-state index contributed by atoms with van der Waals surface area (Å²) in [5.74, 6) is 0.00296. The van der Waals surface area contributed by atoms with Crippen LogP contribution in [0.4, 0.5) is 0 Å². The van der Waals surface area contributed by atoms with Gasteiger partial charge in [0.25, 0.3) is 0 Å². The molecule has 0 bridgehead atoms. The van der Waals surface area contributed by atoms with Gasteiger partial charge in [0.2, 0.25) is 11.8 Å². The van der Waals surface area contributed by atoms with Gasteiger partial charge in [-0.25, -0.2) is 0 Å². The van der Waals surface area contributed by atoms with Gasteiger partial charge in [0.05, 0.1) is 12.6 Å². The van der Waals surface area contributed by atoms with Crippen LogP contribution in [0.5, 0.6) is 0 Å². The Kier molecular flexibility index (Phi) is 6.52. The number of carbonyl (C=O) groups is 2. The van der Waals surface area contributed by atoms with Crippen LogP contribution in [-0.4, -0.2) is 66.9 Å². The summed E-state index contributed by atoms with van der Waals surface area (Å²) in [5, 5.41) is 2.77. The van der Waals surface area contributed by atoms with E-state index < -0.39 is 6.04 Å². The summed E-state index contributed by atoms with van der Waals surface area (Å²) in [6, 6.07) is -0.493. The normalized spacial score (nSPS) is 17.9. The molecule has 1 unspecified atom stereocenters. The number of likely N-dealkylation sites (N-methyl/N-ethyl adjacent to an activating group) is 1. The quantitative estimate of drug-likeness (QED) is 0.616. The van der Waals surface area contributed by atoms with E-state index in [2.05, 4.69) is 11.9 Å². The van der Waals surface area contributed by atoms with Gasteiger partial charge in [-0.15, -0.1) is 6.58 Å². The number of hydrogen-bond donors (Lipinski definition) is 2. The van der Waals surface area contributed by atoms with Crippen LogP contribution in [0.15, 0.2) is 12.7 Å². The van der Waals surface area contributed by atoms with Crippen molar-refractivity contribution in [1.29, 1.82) is 0 Å². The molecule has 19 heavy (non-hydrogen) atoms. The van der Waals surface area contributed by atoms with E-state index in [-0.39, 0.29) is 11.8 Å². The summed E-state index contributed by atoms with van der Waals surface area (Å²) < 4.78 is 0. The maximum atomic E-state index is 12.0. The van der Waals surface area contributed by atoms with Crippen molar-refractivity contribution in [3.05, 3.63) is 12.7 Å². The van der Waals surface area contributed by atoms with Crippen molar-refractivity contribution in [2.45, 2.75) is 19.4 Å². The zero-order valence-corrected chi connectivity index (χ0v) is 11.6. The van der Waals surface area contributed by atoms with Crippen molar-refractivity contribution >= 4 is 11.8 Å². The molecule has 6 nitrogen and oxygen atoms in total. The lowest BCUT2D eigenvalue weighted by atomic mass is 10.1. The van der Waals surface area contributed by atoms with Gasteiger partial charge < -0.3 is 16.0 Å². The van der Waals surface area contributed by atoms with Gasteiger partial charge in [0, 0.05) is 32.7 Å². The predicted molar refractivity (Wildman–Crippen MR) is 74.5 cm³/mol. The Hall–Kier alpha value is -1.40. The number of piperazine rings is 1. The molecule has 6 heteroatoms. The van der Waals surface area contributed by atoms with Crippen LogP contribution in [0, 0.1) is 0 Å². The zero-order valence-electron chi connectivity index (χ0n) is 11.6. The molecule has 1 fully saturated rings. The Morgan fingerprint density at radius 1 is 1.37 bits per heavy atom. The SMILES string of the molecule is C=CCC(N)C(=O)N1CCN(CC(=O)NCC)CC1. The lowest BCUT2D eigenvalue weighted by molar-refractivity contribution is -0.134. The van der Waals surface area contributed by atoms with Crippen molar-refractivity contribution in [1.82, 2.24) is 15.1 Å². The predicted octanol–water partition coefficient (Wildman–Crippen LogP) is -0.830. The number of hydrogen-bond acceptors (Lipinski definition) is 4. The second-order valence-electron chi connectivity index (χ2n) is 4.69. The van der Waals surface area contributed by atoms with Gasteiger partial charge in [-0.2, -0.15) is 0 Å². The fourth-order valence-electron chi connectivity index (χ4n) is 2.10. The first-order valence-electron chi connectivity index (χ1n) is 6.72. The number of carbonyl (C=O) groups excluding carboxylic acids is 2. The minimum Gasteiger partial charge on any atom is -0.355 e. The Labute approximate surface area is 114 Å². The molecule has 1 rings (SSSR count). The molecule has 1 saturated heterocycles. The topological polar surface area (TPSA) is 78.7 Å². The van der Waals surface area contributed by atoms with E-state index in [0.717, 1.165) is 0 Å². The molecular weight excluding hydrogens is 244 g/mol. The average molecular weight is 268 g/mol. The number of nitrogens with two attached hydrogens (primary N) is 1. The van der Waals surface area contributed by atoms with Crippen molar-refractivity contribution in [3.63, 3.8) is 0 Å². The standard InChI is InChI=1S/C13H24N4O2/c1-3-5-11(14)13(19)17-8-6-16(7-9-17)10-12(18)15-4-2/h3,11H,1,4-10,14H2,2H3,(H,15,18). The van der Waals surface area contributed by atoms with Gasteiger partial charge in [-0.1, -0.05) is 6.08 Å². The maximum Gasteiger partial charge on any atom is 0.239 e. The summed E-state index contributed by atoms with van der Waals surface area (Å²) >= 11 is 0. The van der Waals surface area contributed by atoms with Gasteiger partial charge in [0.1, 0.15) is 0 Å². The molecule has 0 aliphatic carbocycles. The second-order valence-corrected chi connectivity index (χ2v) is 4.69. The zero-order chi connectivity index (χ0) is 14.3. The number of rotatable bonds is 6. The highest BCUT2D eigenvalue weighted by Gasteiger charge is 2.25. The third-order valence-corrected chi connectivity index (χ3v) is 3.16. The van der Waals surface area contributed by atoms with E-state index in [0.29, 0.717) is 45.7 Å². The number of amides is 2. The van der Waals surface area contributed by atoms with Crippen LogP contribution in [0.25, 0.3) is 0 Å². The molecule has 0 aromatic rings. The van der Waals surface area contributed by atoms with Crippen molar-refractivity contribution in [2.75, 3.05) is 39.3 Å². The smallest absolute Gasteiger partial charge is 0.239 e. The van der Waals surface area contributed by atoms with E-state index in [4.69, 9.17) is 5.73 Å². The van der Waals surface area contributed by atoms with Crippen LogP contribution < -0.4 is 11.1 Å². The van der Waals surface area contributed by atoms with E-state index in [1.165, 1.54) is 0 Å². The Balaban J connectivity index is 2.34. The molecular formula is C13H24N4O2. The molecule has 0 aromatic heterocycles. The Morgan fingerprint density at radius 2 is 2.00 bits per heavy atom. The first-order valence-corrected chi connectivity index (χ1v) is 6.72. The first-order chi connectivity index (χ1) is 9.08. The van der Waals surface area contributed by atoms with Crippen LogP contribution >= 0.6 is 0 Å². The molecule has 0 spiro atoms. The van der Waals surface area contributed by atoms with Gasteiger partial charge in [0.15, 0.2) is 0 Å². The molecule has 1 aliphatic heterocycles. The highest BCUT2D eigenvalue weighted by molar-refractivity contribution is 5.82. The average Bonchev–Trinajstić information content (AvgIpc) is 2.39. The van der Waals surface area contributed by atoms with Crippen molar-refractivity contribution < 1.29 is 9.59 Å². The monoisotopic (exact) mass is 268 g/mol. The summed E-state index contributed by atoms with van der Waals surface area (Å²) in [4.78, 5) is 27.2. The molecule has 0 radical (unpaired) electrons. The molecule has 3 N–H and O–H groups in total. The lowest BCUT2D eigenvalue weighted by Crippen LogP contribution is -2.54. The summed E-state index contributed by atoms with van der Waals surface area (Å²) in [7, 11) is 0. The molecule has 2 amide bonds. The molecule has 1 aliphatic rings. The van der Waals surface area contributed by atoms with Gasteiger partial charge in [-0.3, -0.25) is 14.5 Å². The van der Waals surface area contributed by atoms with Gasteiger partial charge >= 0.3 is 0 Å². The van der Waals surface area contributed by atoms with E-state index in [9.17, 15) is 9.59 Å². The van der Waals surface area contributed by atoms with Crippen LogP contribution in [-0.2, 0) is 9.59 Å². The number of nitrogens with zero attached hydrogens (tertiary/aromatic N) is 2. The highest BCUT2D eigenvalue weighted by Crippen LogP contribution is 2.05. The summed E-state index contributed by atoms with van der Waals surface area (Å²) in [5.41, 5.74) is 5.77. The minimum absolute atomic E-state index is 0.0300. The van der Waals surface area contributed by atoms with E-state index in [1.54, 1.807) is 11.0 Å². The summed E-state index contributed by atoms with van der Waals surface area (Å²) in [6.07, 6.45) is 2.16. The summed E-state index contributed by atoms with van der Waals surface area (Å²) in [6.45, 7) is 9.21. The fraction of sp³-hybridized carbons (Fsp3) is 0.692.